The fraction of sp³-hybridized carbons (Fsp3) is 0.190. The van der Waals surface area contributed by atoms with Crippen molar-refractivity contribution >= 4 is 28.7 Å². The number of nitrogens with one attached hydrogen (secondary N) is 2. The lowest BCUT2D eigenvalue weighted by Gasteiger charge is -2.16. The predicted molar refractivity (Wildman–Crippen MR) is 117 cm³/mol. The second-order valence-electron chi connectivity index (χ2n) is 6.95. The summed E-state index contributed by atoms with van der Waals surface area (Å²) in [5.41, 5.74) is 3.25. The summed E-state index contributed by atoms with van der Waals surface area (Å²) in [6.07, 6.45) is 6.70. The summed E-state index contributed by atoms with van der Waals surface area (Å²) in [4.78, 5) is 20.9. The highest BCUT2D eigenvalue weighted by molar-refractivity contribution is 6.00. The zero-order valence-electron chi connectivity index (χ0n) is 17.6. The largest absolute Gasteiger partial charge is 0.494 e. The van der Waals surface area contributed by atoms with E-state index in [1.807, 2.05) is 31.4 Å². The van der Waals surface area contributed by atoms with Gasteiger partial charge in [0.2, 0.25) is 0 Å². The van der Waals surface area contributed by atoms with Crippen molar-refractivity contribution in [3.63, 3.8) is 0 Å². The van der Waals surface area contributed by atoms with E-state index in [0.717, 1.165) is 11.3 Å². The smallest absolute Gasteiger partial charge is 0.184 e. The van der Waals surface area contributed by atoms with E-state index < -0.39 is 0 Å². The number of ether oxygens (including phenoxy) is 1. The molecule has 4 rings (SSSR count). The maximum absolute atomic E-state index is 12.2. The second kappa shape index (κ2) is 8.27. The van der Waals surface area contributed by atoms with Gasteiger partial charge in [-0.3, -0.25) is 14.2 Å². The van der Waals surface area contributed by atoms with E-state index in [9.17, 15) is 4.79 Å². The monoisotopic (exact) mass is 418 g/mol. The number of carbonyl (C=O) groups is 1. The molecule has 158 valence electrons. The van der Waals surface area contributed by atoms with Crippen LogP contribution in [0.4, 0.5) is 22.9 Å². The molecule has 0 atom stereocenters. The molecule has 0 saturated heterocycles. The number of hydrogen-bond acceptors (Lipinski definition) is 8. The summed E-state index contributed by atoms with van der Waals surface area (Å²) in [5, 5.41) is 15.0. The molecule has 0 unspecified atom stereocenters. The number of carbonyl (C=O) groups excluding carboxylic acids is 1. The Bertz CT molecular complexity index is 1240. The molecular formula is C21H22N8O2. The minimum Gasteiger partial charge on any atom is -0.494 e. The van der Waals surface area contributed by atoms with Crippen LogP contribution in [0.25, 0.3) is 11.4 Å². The number of pyridine rings is 1. The Hall–Kier alpha value is -4.21. The molecular weight excluding hydrogens is 396 g/mol. The van der Waals surface area contributed by atoms with E-state index in [-0.39, 0.29) is 5.78 Å². The molecule has 0 aliphatic heterocycles. The molecule has 31 heavy (non-hydrogen) atoms. The van der Waals surface area contributed by atoms with Gasteiger partial charge in [0.1, 0.15) is 12.1 Å². The number of nitrogens with zero attached hydrogens (tertiary/aromatic N) is 6. The highest BCUT2D eigenvalue weighted by Crippen LogP contribution is 2.37. The first kappa shape index (κ1) is 20.1. The van der Waals surface area contributed by atoms with Gasteiger partial charge in [-0.25, -0.2) is 9.97 Å². The lowest BCUT2D eigenvalue weighted by Crippen LogP contribution is -2.05. The summed E-state index contributed by atoms with van der Waals surface area (Å²) in [6, 6.07) is 7.39. The molecule has 0 saturated carbocycles. The SMILES string of the molecule is COc1c(Nc2cc(Nc3cnn(C)c3)ncc2C(C)=O)cccc1-c1ncn(C)n1. The Morgan fingerprint density at radius 1 is 1.06 bits per heavy atom. The molecule has 10 heteroatoms. The molecule has 0 bridgehead atoms. The van der Waals surface area contributed by atoms with Crippen LogP contribution in [0.15, 0.2) is 49.2 Å². The maximum Gasteiger partial charge on any atom is 0.184 e. The number of benzene rings is 1. The molecule has 10 nitrogen and oxygen atoms in total. The van der Waals surface area contributed by atoms with Crippen molar-refractivity contribution < 1.29 is 9.53 Å². The quantitative estimate of drug-likeness (QED) is 0.440. The molecule has 0 aliphatic carbocycles. The van der Waals surface area contributed by atoms with Crippen LogP contribution in [-0.4, -0.2) is 42.4 Å². The summed E-state index contributed by atoms with van der Waals surface area (Å²) in [6.45, 7) is 1.50. The third kappa shape index (κ3) is 4.22. The van der Waals surface area contributed by atoms with E-state index in [2.05, 4.69) is 30.8 Å². The highest BCUT2D eigenvalue weighted by atomic mass is 16.5. The van der Waals surface area contributed by atoms with Gasteiger partial charge in [-0.05, 0) is 19.1 Å². The first-order valence-electron chi connectivity index (χ1n) is 9.51. The standard InChI is InChI=1S/C21H22N8O2/c1-13(30)16-10-22-19(25-14-9-24-28(2)11-14)8-18(16)26-17-7-5-6-15(20(17)31-4)21-23-12-29(3)27-21/h5-12H,1-4H3,(H2,22,25,26). The molecule has 0 spiro atoms. The molecule has 3 heterocycles. The van der Waals surface area contributed by atoms with Gasteiger partial charge >= 0.3 is 0 Å². The number of rotatable bonds is 7. The van der Waals surface area contributed by atoms with E-state index in [4.69, 9.17) is 4.74 Å². The van der Waals surface area contributed by atoms with Crippen molar-refractivity contribution in [2.75, 3.05) is 17.7 Å². The Morgan fingerprint density at radius 2 is 1.90 bits per heavy atom. The lowest BCUT2D eigenvalue weighted by atomic mass is 10.1. The zero-order valence-corrected chi connectivity index (χ0v) is 17.6. The van der Waals surface area contributed by atoms with Crippen LogP contribution in [0.5, 0.6) is 5.75 Å². The molecule has 2 N–H and O–H groups in total. The van der Waals surface area contributed by atoms with Crippen molar-refractivity contribution in [2.24, 2.45) is 14.1 Å². The van der Waals surface area contributed by atoms with Gasteiger partial charge in [0.15, 0.2) is 17.4 Å². The van der Waals surface area contributed by atoms with Gasteiger partial charge in [0.25, 0.3) is 0 Å². The van der Waals surface area contributed by atoms with E-state index in [0.29, 0.717) is 34.3 Å². The van der Waals surface area contributed by atoms with E-state index in [1.54, 1.807) is 48.3 Å². The van der Waals surface area contributed by atoms with Crippen LogP contribution in [0.1, 0.15) is 17.3 Å². The molecule has 1 aromatic carbocycles. The van der Waals surface area contributed by atoms with Crippen molar-refractivity contribution in [3.05, 3.63) is 54.7 Å². The van der Waals surface area contributed by atoms with Crippen molar-refractivity contribution in [1.82, 2.24) is 29.5 Å². The highest BCUT2D eigenvalue weighted by Gasteiger charge is 2.17. The van der Waals surface area contributed by atoms with E-state index in [1.165, 1.54) is 6.92 Å². The first-order valence-corrected chi connectivity index (χ1v) is 9.51. The van der Waals surface area contributed by atoms with Gasteiger partial charge in [0.05, 0.1) is 41.5 Å². The Balaban J connectivity index is 1.72. The summed E-state index contributed by atoms with van der Waals surface area (Å²) >= 11 is 0. The van der Waals surface area contributed by atoms with Gasteiger partial charge in [-0.15, -0.1) is 0 Å². The normalized spacial score (nSPS) is 10.7. The van der Waals surface area contributed by atoms with Crippen molar-refractivity contribution in [1.29, 1.82) is 0 Å². The number of methoxy groups -OCH3 is 1. The molecule has 0 amide bonds. The summed E-state index contributed by atoms with van der Waals surface area (Å²) in [7, 11) is 5.22. The third-order valence-electron chi connectivity index (χ3n) is 4.59. The summed E-state index contributed by atoms with van der Waals surface area (Å²) < 4.78 is 8.98. The number of aromatic nitrogens is 6. The minimum absolute atomic E-state index is 0.107. The van der Waals surface area contributed by atoms with Gasteiger partial charge < -0.3 is 15.4 Å². The minimum atomic E-state index is -0.107. The van der Waals surface area contributed by atoms with Crippen molar-refractivity contribution in [2.45, 2.75) is 6.92 Å². The van der Waals surface area contributed by atoms with Crippen LogP contribution < -0.4 is 15.4 Å². The Labute approximate surface area is 178 Å². The van der Waals surface area contributed by atoms with Crippen LogP contribution in [0.3, 0.4) is 0 Å². The van der Waals surface area contributed by atoms with Crippen molar-refractivity contribution in [3.8, 4) is 17.1 Å². The zero-order chi connectivity index (χ0) is 22.0. The maximum atomic E-state index is 12.2. The van der Waals surface area contributed by atoms with Gasteiger partial charge in [0, 0.05) is 32.6 Å². The topological polar surface area (TPSA) is 112 Å². The Kier molecular flexibility index (Phi) is 5.35. The van der Waals surface area contributed by atoms with E-state index >= 15 is 0 Å². The number of Topliss-reactive ketones (excluding diaryl/α,β-unsaturated/α-hetero) is 1. The van der Waals surface area contributed by atoms with Crippen LogP contribution >= 0.6 is 0 Å². The molecule has 0 fully saturated rings. The number of hydrogen-bond donors (Lipinski definition) is 2. The number of anilines is 4. The van der Waals surface area contributed by atoms with Crippen LogP contribution in [0, 0.1) is 0 Å². The molecule has 0 radical (unpaired) electrons. The Morgan fingerprint density at radius 3 is 2.55 bits per heavy atom. The lowest BCUT2D eigenvalue weighted by molar-refractivity contribution is 0.101. The van der Waals surface area contributed by atoms with Crippen LogP contribution in [0.2, 0.25) is 0 Å². The van der Waals surface area contributed by atoms with Crippen LogP contribution in [-0.2, 0) is 14.1 Å². The predicted octanol–water partition coefficient (Wildman–Crippen LogP) is 3.31. The number of ketones is 1. The number of aryl methyl sites for hydroxylation is 2. The molecule has 4 aromatic rings. The average Bonchev–Trinajstić information content (AvgIpc) is 3.35. The molecule has 3 aromatic heterocycles. The third-order valence-corrected chi connectivity index (χ3v) is 4.59. The number of para-hydroxylation sites is 1. The molecule has 0 aliphatic rings. The second-order valence-corrected chi connectivity index (χ2v) is 6.95. The fourth-order valence-corrected chi connectivity index (χ4v) is 3.18. The fourth-order valence-electron chi connectivity index (χ4n) is 3.18. The van der Waals surface area contributed by atoms with Gasteiger partial charge in [-0.1, -0.05) is 6.07 Å². The summed E-state index contributed by atoms with van der Waals surface area (Å²) in [5.74, 6) is 1.58. The van der Waals surface area contributed by atoms with Gasteiger partial charge in [-0.2, -0.15) is 10.2 Å². The first-order chi connectivity index (χ1) is 14.9. The average molecular weight is 418 g/mol.